The Labute approximate surface area is 118 Å². The number of para-hydroxylation sites is 1. The molecule has 3 N–H and O–H groups in total. The molecule has 0 saturated carbocycles. The van der Waals surface area contributed by atoms with Crippen molar-refractivity contribution in [3.8, 4) is 5.75 Å². The van der Waals surface area contributed by atoms with Crippen molar-refractivity contribution in [1.29, 1.82) is 0 Å². The summed E-state index contributed by atoms with van der Waals surface area (Å²) in [5.74, 6) is 7.12. The Hall–Kier alpha value is -1.85. The third-order valence-corrected chi connectivity index (χ3v) is 3.90. The Morgan fingerprint density at radius 1 is 1.45 bits per heavy atom. The van der Waals surface area contributed by atoms with Crippen molar-refractivity contribution >= 4 is 0 Å². The summed E-state index contributed by atoms with van der Waals surface area (Å²) in [5.41, 5.74) is 5.25. The predicted molar refractivity (Wildman–Crippen MR) is 77.3 cm³/mol. The van der Waals surface area contributed by atoms with Gasteiger partial charge in [0.05, 0.1) is 12.3 Å². The molecule has 3 rings (SSSR count). The Morgan fingerprint density at radius 2 is 2.30 bits per heavy atom. The summed E-state index contributed by atoms with van der Waals surface area (Å²) >= 11 is 0. The van der Waals surface area contributed by atoms with Crippen LogP contribution in [0.15, 0.2) is 36.5 Å². The first kappa shape index (κ1) is 13.1. The Kier molecular flexibility index (Phi) is 3.71. The van der Waals surface area contributed by atoms with Gasteiger partial charge in [-0.3, -0.25) is 16.0 Å². The molecular formula is C15H20N4O. The van der Waals surface area contributed by atoms with Gasteiger partial charge in [-0.1, -0.05) is 18.2 Å². The lowest BCUT2D eigenvalue weighted by atomic mass is 9.85. The van der Waals surface area contributed by atoms with E-state index in [0.29, 0.717) is 5.92 Å². The highest BCUT2D eigenvalue weighted by molar-refractivity contribution is 5.38. The van der Waals surface area contributed by atoms with Crippen molar-refractivity contribution in [3.63, 3.8) is 0 Å². The summed E-state index contributed by atoms with van der Waals surface area (Å²) in [7, 11) is 1.93. The van der Waals surface area contributed by atoms with Crippen LogP contribution in [-0.4, -0.2) is 22.4 Å². The summed E-state index contributed by atoms with van der Waals surface area (Å²) in [5, 5.41) is 4.44. The number of nitrogens with one attached hydrogen (secondary N) is 1. The minimum absolute atomic E-state index is 0.162. The van der Waals surface area contributed by atoms with Gasteiger partial charge in [0.1, 0.15) is 5.75 Å². The van der Waals surface area contributed by atoms with Crippen molar-refractivity contribution in [3.05, 3.63) is 47.8 Å². The molecule has 1 aliphatic rings. The molecule has 0 spiro atoms. The maximum absolute atomic E-state index is 5.79. The fourth-order valence-corrected chi connectivity index (χ4v) is 2.90. The quantitative estimate of drug-likeness (QED) is 0.651. The van der Waals surface area contributed by atoms with Crippen LogP contribution in [0.1, 0.15) is 23.6 Å². The highest BCUT2D eigenvalue weighted by Gasteiger charge is 2.28. The van der Waals surface area contributed by atoms with Gasteiger partial charge in [0, 0.05) is 31.6 Å². The van der Waals surface area contributed by atoms with Crippen molar-refractivity contribution in [2.75, 3.05) is 6.61 Å². The largest absolute Gasteiger partial charge is 0.493 e. The van der Waals surface area contributed by atoms with Crippen LogP contribution in [0.25, 0.3) is 0 Å². The van der Waals surface area contributed by atoms with Gasteiger partial charge in [-0.05, 0) is 24.1 Å². The number of hydrogen-bond acceptors (Lipinski definition) is 4. The molecule has 0 radical (unpaired) electrons. The molecule has 0 bridgehead atoms. The van der Waals surface area contributed by atoms with E-state index in [1.807, 2.05) is 36.1 Å². The number of hydrogen-bond donors (Lipinski definition) is 2. The second-order valence-corrected chi connectivity index (χ2v) is 5.24. The Balaban J connectivity index is 1.83. The first-order valence-corrected chi connectivity index (χ1v) is 6.94. The Morgan fingerprint density at radius 3 is 3.05 bits per heavy atom. The van der Waals surface area contributed by atoms with Crippen molar-refractivity contribution < 1.29 is 4.74 Å². The predicted octanol–water partition coefficient (Wildman–Crippen LogP) is 1.36. The fraction of sp³-hybridized carbons (Fsp3) is 0.400. The zero-order valence-corrected chi connectivity index (χ0v) is 11.6. The lowest BCUT2D eigenvalue weighted by molar-refractivity contribution is 0.244. The molecule has 2 atom stereocenters. The van der Waals surface area contributed by atoms with Crippen LogP contribution in [-0.2, 0) is 13.5 Å². The normalized spacial score (nSPS) is 19.2. The summed E-state index contributed by atoms with van der Waals surface area (Å²) < 4.78 is 7.53. The van der Waals surface area contributed by atoms with Gasteiger partial charge in [0.15, 0.2) is 0 Å². The molecule has 1 aromatic heterocycles. The summed E-state index contributed by atoms with van der Waals surface area (Å²) in [6.45, 7) is 0.738. The number of hydrazine groups is 1. The SMILES string of the molecule is Cn1ccc(CC(NN)C2CCOc3ccccc32)n1. The van der Waals surface area contributed by atoms with Gasteiger partial charge in [0.2, 0.25) is 0 Å². The molecular weight excluding hydrogens is 252 g/mol. The first-order chi connectivity index (χ1) is 9.78. The number of ether oxygens (including phenoxy) is 1. The molecule has 20 heavy (non-hydrogen) atoms. The number of benzene rings is 1. The minimum atomic E-state index is 0.162. The lowest BCUT2D eigenvalue weighted by Crippen LogP contribution is -2.43. The van der Waals surface area contributed by atoms with E-state index in [1.165, 1.54) is 5.56 Å². The Bertz CT molecular complexity index is 581. The molecule has 5 heteroatoms. The van der Waals surface area contributed by atoms with E-state index in [4.69, 9.17) is 10.6 Å². The third kappa shape index (κ3) is 2.55. The maximum Gasteiger partial charge on any atom is 0.122 e. The van der Waals surface area contributed by atoms with Gasteiger partial charge >= 0.3 is 0 Å². The number of rotatable bonds is 4. The molecule has 106 valence electrons. The van der Waals surface area contributed by atoms with Crippen LogP contribution >= 0.6 is 0 Å². The number of nitrogens with zero attached hydrogens (tertiary/aromatic N) is 2. The molecule has 2 unspecified atom stereocenters. The van der Waals surface area contributed by atoms with E-state index >= 15 is 0 Å². The molecule has 1 aliphatic heterocycles. The topological polar surface area (TPSA) is 65.1 Å². The van der Waals surface area contributed by atoms with Crippen molar-refractivity contribution in [1.82, 2.24) is 15.2 Å². The lowest BCUT2D eigenvalue weighted by Gasteiger charge is -2.31. The molecule has 5 nitrogen and oxygen atoms in total. The van der Waals surface area contributed by atoms with Crippen molar-refractivity contribution in [2.45, 2.75) is 24.8 Å². The number of aromatic nitrogens is 2. The van der Waals surface area contributed by atoms with Crippen LogP contribution in [0, 0.1) is 0 Å². The zero-order valence-electron chi connectivity index (χ0n) is 11.6. The molecule has 0 saturated heterocycles. The van der Waals surface area contributed by atoms with Gasteiger partial charge in [-0.25, -0.2) is 0 Å². The number of nitrogens with two attached hydrogens (primary N) is 1. The minimum Gasteiger partial charge on any atom is -0.493 e. The smallest absolute Gasteiger partial charge is 0.122 e. The molecule has 0 aliphatic carbocycles. The molecule has 2 aromatic rings. The van der Waals surface area contributed by atoms with Crippen LogP contribution in [0.4, 0.5) is 0 Å². The summed E-state index contributed by atoms with van der Waals surface area (Å²) in [6, 6.07) is 10.4. The standard InChI is InChI=1S/C15H20N4O/c1-19-8-6-11(18-19)10-14(17-16)12-7-9-20-15-5-3-2-4-13(12)15/h2-6,8,12,14,17H,7,9-10,16H2,1H3. The van der Waals surface area contributed by atoms with Crippen LogP contribution in [0.3, 0.4) is 0 Å². The van der Waals surface area contributed by atoms with Gasteiger partial charge in [-0.2, -0.15) is 5.10 Å². The van der Waals surface area contributed by atoms with E-state index in [1.54, 1.807) is 0 Å². The van der Waals surface area contributed by atoms with Crippen molar-refractivity contribution in [2.24, 2.45) is 12.9 Å². The van der Waals surface area contributed by atoms with Crippen LogP contribution in [0.5, 0.6) is 5.75 Å². The highest BCUT2D eigenvalue weighted by atomic mass is 16.5. The second-order valence-electron chi connectivity index (χ2n) is 5.24. The molecule has 1 aromatic carbocycles. The first-order valence-electron chi connectivity index (χ1n) is 6.94. The molecule has 0 amide bonds. The third-order valence-electron chi connectivity index (χ3n) is 3.90. The number of fused-ring (bicyclic) bond motifs is 1. The van der Waals surface area contributed by atoms with Gasteiger partial charge < -0.3 is 4.74 Å². The zero-order chi connectivity index (χ0) is 13.9. The summed E-state index contributed by atoms with van der Waals surface area (Å²) in [4.78, 5) is 0. The second kappa shape index (κ2) is 5.64. The number of aryl methyl sites for hydroxylation is 1. The van der Waals surface area contributed by atoms with E-state index in [9.17, 15) is 0 Å². The molecule has 2 heterocycles. The maximum atomic E-state index is 5.79. The van der Waals surface area contributed by atoms with Gasteiger partial charge in [0.25, 0.3) is 0 Å². The van der Waals surface area contributed by atoms with Crippen LogP contribution in [0.2, 0.25) is 0 Å². The molecule has 0 fully saturated rings. The van der Waals surface area contributed by atoms with E-state index < -0.39 is 0 Å². The fourth-order valence-electron chi connectivity index (χ4n) is 2.90. The monoisotopic (exact) mass is 272 g/mol. The summed E-state index contributed by atoms with van der Waals surface area (Å²) in [6.07, 6.45) is 3.75. The average molecular weight is 272 g/mol. The van der Waals surface area contributed by atoms with Crippen LogP contribution < -0.4 is 16.0 Å². The highest BCUT2D eigenvalue weighted by Crippen LogP contribution is 2.36. The van der Waals surface area contributed by atoms with E-state index in [0.717, 1.165) is 30.9 Å². The average Bonchev–Trinajstić information content (AvgIpc) is 2.89. The van der Waals surface area contributed by atoms with E-state index in [-0.39, 0.29) is 6.04 Å². The van der Waals surface area contributed by atoms with E-state index in [2.05, 4.69) is 22.7 Å². The van der Waals surface area contributed by atoms with Gasteiger partial charge in [-0.15, -0.1) is 0 Å².